The highest BCUT2D eigenvalue weighted by molar-refractivity contribution is 7.18. The normalized spacial score (nSPS) is 16.4. The van der Waals surface area contributed by atoms with Crippen LogP contribution in [0.2, 0.25) is 0 Å². The van der Waals surface area contributed by atoms with Crippen molar-refractivity contribution in [3.63, 3.8) is 0 Å². The van der Waals surface area contributed by atoms with E-state index in [9.17, 15) is 14.4 Å². The monoisotopic (exact) mass is 409 g/mol. The second kappa shape index (κ2) is 7.63. The van der Waals surface area contributed by atoms with Gasteiger partial charge in [-0.3, -0.25) is 9.59 Å². The summed E-state index contributed by atoms with van der Waals surface area (Å²) in [5.74, 6) is -1.68. The van der Waals surface area contributed by atoms with Crippen LogP contribution in [0.5, 0.6) is 0 Å². The van der Waals surface area contributed by atoms with E-state index in [-0.39, 0.29) is 30.3 Å². The van der Waals surface area contributed by atoms with Gasteiger partial charge in [0.15, 0.2) is 0 Å². The molecule has 0 aliphatic carbocycles. The number of carbonyl (C=O) groups excluding carboxylic acids is 2. The summed E-state index contributed by atoms with van der Waals surface area (Å²) in [5, 5.41) is 12.7. The van der Waals surface area contributed by atoms with Crippen LogP contribution in [0, 0.1) is 12.8 Å². The molecular weight excluding hydrogens is 390 g/mol. The van der Waals surface area contributed by atoms with Crippen LogP contribution < -0.4 is 10.2 Å². The molecule has 1 aromatic heterocycles. The number of nitrogens with one attached hydrogen (secondary N) is 1. The van der Waals surface area contributed by atoms with Crippen LogP contribution in [0.1, 0.15) is 27.3 Å². The van der Waals surface area contributed by atoms with Gasteiger partial charge >= 0.3 is 5.97 Å². The lowest BCUT2D eigenvalue weighted by Gasteiger charge is -2.16. The number of thiazole rings is 1. The van der Waals surface area contributed by atoms with Crippen molar-refractivity contribution in [3.05, 3.63) is 58.6 Å². The first-order chi connectivity index (χ1) is 13.9. The molecule has 7 nitrogen and oxygen atoms in total. The minimum atomic E-state index is -0.990. The van der Waals surface area contributed by atoms with Gasteiger partial charge in [0.05, 0.1) is 26.7 Å². The Morgan fingerprint density at radius 1 is 1.24 bits per heavy atom. The van der Waals surface area contributed by atoms with E-state index in [0.29, 0.717) is 6.54 Å². The van der Waals surface area contributed by atoms with E-state index in [4.69, 9.17) is 5.11 Å². The number of anilines is 1. The molecule has 4 rings (SSSR count). The minimum absolute atomic E-state index is 0.0812. The summed E-state index contributed by atoms with van der Waals surface area (Å²) in [4.78, 5) is 42.0. The molecule has 29 heavy (non-hydrogen) atoms. The Kier molecular flexibility index (Phi) is 5.02. The fourth-order valence-electron chi connectivity index (χ4n) is 3.43. The Labute approximate surface area is 171 Å². The SMILES string of the molecule is Cc1nc2cc(N3CC(C(=O)NCc4ccc(C(=O)O)cc4)CC3=O)ccc2s1. The van der Waals surface area contributed by atoms with Crippen LogP contribution in [0.15, 0.2) is 42.5 Å². The third-order valence-corrected chi connectivity index (χ3v) is 5.91. The average Bonchev–Trinajstić information content (AvgIpc) is 3.27. The Morgan fingerprint density at radius 2 is 2.00 bits per heavy atom. The summed E-state index contributed by atoms with van der Waals surface area (Å²) < 4.78 is 1.07. The molecule has 148 valence electrons. The second-order valence-corrected chi connectivity index (χ2v) is 8.24. The number of rotatable bonds is 5. The van der Waals surface area contributed by atoms with Crippen molar-refractivity contribution in [3.8, 4) is 0 Å². The number of benzene rings is 2. The lowest BCUT2D eigenvalue weighted by molar-refractivity contribution is -0.126. The van der Waals surface area contributed by atoms with Gasteiger partial charge in [0, 0.05) is 25.2 Å². The third kappa shape index (κ3) is 3.97. The molecule has 2 amide bonds. The number of carbonyl (C=O) groups is 3. The maximum atomic E-state index is 12.5. The highest BCUT2D eigenvalue weighted by Crippen LogP contribution is 2.30. The number of carboxylic acids is 1. The predicted molar refractivity (Wildman–Crippen MR) is 110 cm³/mol. The molecule has 0 bridgehead atoms. The van der Waals surface area contributed by atoms with E-state index in [1.165, 1.54) is 12.1 Å². The zero-order valence-corrected chi connectivity index (χ0v) is 16.5. The minimum Gasteiger partial charge on any atom is -0.478 e. The number of aromatic carboxylic acids is 1. The number of fused-ring (bicyclic) bond motifs is 1. The molecule has 1 fully saturated rings. The number of amides is 2. The van der Waals surface area contributed by atoms with Gasteiger partial charge < -0.3 is 15.3 Å². The molecular formula is C21H19N3O4S. The van der Waals surface area contributed by atoms with Gasteiger partial charge in [-0.15, -0.1) is 11.3 Å². The van der Waals surface area contributed by atoms with Crippen molar-refractivity contribution in [2.24, 2.45) is 5.92 Å². The maximum absolute atomic E-state index is 12.5. The molecule has 0 saturated carbocycles. The summed E-state index contributed by atoms with van der Waals surface area (Å²) in [6.45, 7) is 2.56. The maximum Gasteiger partial charge on any atom is 0.335 e. The fourth-order valence-corrected chi connectivity index (χ4v) is 4.24. The molecule has 2 heterocycles. The van der Waals surface area contributed by atoms with Crippen LogP contribution in [-0.2, 0) is 16.1 Å². The fraction of sp³-hybridized carbons (Fsp3) is 0.238. The zero-order chi connectivity index (χ0) is 20.5. The van der Waals surface area contributed by atoms with Crippen molar-refractivity contribution in [2.45, 2.75) is 19.9 Å². The van der Waals surface area contributed by atoms with Gasteiger partial charge in [0.25, 0.3) is 0 Å². The smallest absolute Gasteiger partial charge is 0.335 e. The Hall–Kier alpha value is -3.26. The number of hydrogen-bond acceptors (Lipinski definition) is 5. The summed E-state index contributed by atoms with van der Waals surface area (Å²) in [6.07, 6.45) is 0.165. The second-order valence-electron chi connectivity index (χ2n) is 7.01. The molecule has 0 radical (unpaired) electrons. The third-order valence-electron chi connectivity index (χ3n) is 4.95. The summed E-state index contributed by atoms with van der Waals surface area (Å²) in [6, 6.07) is 12.1. The van der Waals surface area contributed by atoms with E-state index in [2.05, 4.69) is 10.3 Å². The van der Waals surface area contributed by atoms with E-state index < -0.39 is 11.9 Å². The highest BCUT2D eigenvalue weighted by Gasteiger charge is 2.35. The van der Waals surface area contributed by atoms with Crippen molar-refractivity contribution in [1.29, 1.82) is 0 Å². The van der Waals surface area contributed by atoms with Gasteiger partial charge in [-0.2, -0.15) is 0 Å². The Balaban J connectivity index is 1.40. The molecule has 2 aromatic carbocycles. The summed E-state index contributed by atoms with van der Waals surface area (Å²) in [5.41, 5.74) is 2.61. The average molecular weight is 409 g/mol. The van der Waals surface area contributed by atoms with Gasteiger partial charge in [0.1, 0.15) is 0 Å². The molecule has 1 aliphatic heterocycles. The van der Waals surface area contributed by atoms with E-state index in [0.717, 1.165) is 26.5 Å². The molecule has 2 N–H and O–H groups in total. The first-order valence-corrected chi connectivity index (χ1v) is 10.00. The summed E-state index contributed by atoms with van der Waals surface area (Å²) in [7, 11) is 0. The highest BCUT2D eigenvalue weighted by atomic mass is 32.1. The van der Waals surface area contributed by atoms with E-state index in [1.54, 1.807) is 28.4 Å². The van der Waals surface area contributed by atoms with Gasteiger partial charge in [-0.1, -0.05) is 12.1 Å². The first kappa shape index (κ1) is 19.1. The zero-order valence-electron chi connectivity index (χ0n) is 15.7. The quantitative estimate of drug-likeness (QED) is 0.675. The first-order valence-electron chi connectivity index (χ1n) is 9.18. The van der Waals surface area contributed by atoms with Crippen molar-refractivity contribution in [2.75, 3.05) is 11.4 Å². The molecule has 1 aliphatic rings. The number of carboxylic acid groups (broad SMARTS) is 1. The molecule has 8 heteroatoms. The van der Waals surface area contributed by atoms with Crippen molar-refractivity contribution >= 4 is 45.0 Å². The number of aryl methyl sites for hydroxylation is 1. The largest absolute Gasteiger partial charge is 0.478 e. The number of aromatic nitrogens is 1. The molecule has 1 unspecified atom stereocenters. The van der Waals surface area contributed by atoms with Gasteiger partial charge in [-0.25, -0.2) is 9.78 Å². The Morgan fingerprint density at radius 3 is 2.72 bits per heavy atom. The van der Waals surface area contributed by atoms with Crippen molar-refractivity contribution < 1.29 is 19.5 Å². The van der Waals surface area contributed by atoms with Crippen LogP contribution in [0.3, 0.4) is 0 Å². The number of hydrogen-bond donors (Lipinski definition) is 2. The molecule has 3 aromatic rings. The van der Waals surface area contributed by atoms with Crippen LogP contribution >= 0.6 is 11.3 Å². The lowest BCUT2D eigenvalue weighted by Crippen LogP contribution is -2.32. The Bertz CT molecular complexity index is 1110. The lowest BCUT2D eigenvalue weighted by atomic mass is 10.1. The van der Waals surface area contributed by atoms with Gasteiger partial charge in [-0.05, 0) is 42.8 Å². The van der Waals surface area contributed by atoms with E-state index in [1.807, 2.05) is 25.1 Å². The van der Waals surface area contributed by atoms with Crippen LogP contribution in [0.25, 0.3) is 10.2 Å². The predicted octanol–water partition coefficient (Wildman–Crippen LogP) is 2.97. The van der Waals surface area contributed by atoms with Crippen molar-refractivity contribution in [1.82, 2.24) is 10.3 Å². The van der Waals surface area contributed by atoms with Crippen LogP contribution in [0.4, 0.5) is 5.69 Å². The molecule has 1 saturated heterocycles. The standard InChI is InChI=1S/C21H19N3O4S/c1-12-23-17-9-16(6-7-18(17)29-12)24-11-15(8-19(24)25)20(26)22-10-13-2-4-14(5-3-13)21(27)28/h2-7,9,15H,8,10-11H2,1H3,(H,22,26)(H,27,28). The molecule has 0 spiro atoms. The topological polar surface area (TPSA) is 99.6 Å². The molecule has 1 atom stereocenters. The summed E-state index contributed by atoms with van der Waals surface area (Å²) >= 11 is 1.61. The van der Waals surface area contributed by atoms with Crippen LogP contribution in [-0.4, -0.2) is 34.4 Å². The number of nitrogens with zero attached hydrogens (tertiary/aromatic N) is 2. The van der Waals surface area contributed by atoms with E-state index >= 15 is 0 Å². The van der Waals surface area contributed by atoms with Gasteiger partial charge in [0.2, 0.25) is 11.8 Å².